The Balaban J connectivity index is 1.79. The number of carbonyl (C=O) groups is 1. The van der Waals surface area contributed by atoms with Crippen LogP contribution >= 0.6 is 0 Å². The Morgan fingerprint density at radius 2 is 2.00 bits per heavy atom. The van der Waals surface area contributed by atoms with E-state index in [2.05, 4.69) is 5.10 Å². The van der Waals surface area contributed by atoms with Gasteiger partial charge in [0.2, 0.25) is 0 Å². The summed E-state index contributed by atoms with van der Waals surface area (Å²) in [5, 5.41) is 13.4. The fourth-order valence-electron chi connectivity index (χ4n) is 3.47. The van der Waals surface area contributed by atoms with Crippen LogP contribution in [0.3, 0.4) is 0 Å². The van der Waals surface area contributed by atoms with Gasteiger partial charge in [-0.15, -0.1) is 0 Å². The summed E-state index contributed by atoms with van der Waals surface area (Å²) in [6, 6.07) is 8.42. The van der Waals surface area contributed by atoms with Crippen LogP contribution < -0.4 is 0 Å². The molecule has 1 aliphatic rings. The summed E-state index contributed by atoms with van der Waals surface area (Å²) in [6.45, 7) is 4.18. The van der Waals surface area contributed by atoms with Gasteiger partial charge in [-0.3, -0.25) is 9.48 Å². The average Bonchev–Trinajstić information content (AvgIpc) is 3.14. The van der Waals surface area contributed by atoms with Crippen molar-refractivity contribution in [2.75, 3.05) is 18.6 Å². The molecule has 8 heteroatoms. The molecule has 1 amide bonds. The van der Waals surface area contributed by atoms with Crippen LogP contribution in [0.25, 0.3) is 0 Å². The zero-order chi connectivity index (χ0) is 19.8. The highest BCUT2D eigenvalue weighted by molar-refractivity contribution is 7.91. The fraction of sp³-hybridized carbons (Fsp3) is 0.421. The number of aryl methyl sites for hydroxylation is 1. The third-order valence-electron chi connectivity index (χ3n) is 5.03. The molecule has 0 N–H and O–H groups in total. The molecule has 7 nitrogen and oxygen atoms in total. The monoisotopic (exact) mass is 386 g/mol. The van der Waals surface area contributed by atoms with Crippen molar-refractivity contribution in [1.82, 2.24) is 14.7 Å². The van der Waals surface area contributed by atoms with E-state index in [0.29, 0.717) is 24.1 Å². The van der Waals surface area contributed by atoms with Crippen LogP contribution in [0.1, 0.15) is 45.3 Å². The Bertz CT molecular complexity index is 1020. The molecule has 27 heavy (non-hydrogen) atoms. The van der Waals surface area contributed by atoms with Crippen molar-refractivity contribution in [2.45, 2.75) is 32.9 Å². The minimum Gasteiger partial charge on any atom is -0.337 e. The highest BCUT2D eigenvalue weighted by Gasteiger charge is 2.31. The molecule has 1 saturated heterocycles. The van der Waals surface area contributed by atoms with Crippen molar-refractivity contribution in [3.05, 3.63) is 52.3 Å². The number of nitriles is 1. The standard InChI is InChI=1S/C19H22N4O3S/c1-13-18(14(2)23(21-13)17-8-9-27(25,26)12-17)11-22(3)19(24)16-6-4-15(10-20)5-7-16/h4-7,17H,8-9,11-12H2,1-3H3/t17-/m0/s1. The van der Waals surface area contributed by atoms with Crippen LogP contribution in [0.4, 0.5) is 0 Å². The largest absolute Gasteiger partial charge is 0.337 e. The number of aromatic nitrogens is 2. The molecular weight excluding hydrogens is 364 g/mol. The Morgan fingerprint density at radius 3 is 2.56 bits per heavy atom. The van der Waals surface area contributed by atoms with Crippen molar-refractivity contribution < 1.29 is 13.2 Å². The summed E-state index contributed by atoms with van der Waals surface area (Å²) in [5.74, 6) is 0.172. The summed E-state index contributed by atoms with van der Waals surface area (Å²) in [4.78, 5) is 14.3. The van der Waals surface area contributed by atoms with Gasteiger partial charge in [0, 0.05) is 30.4 Å². The van der Waals surface area contributed by atoms with Gasteiger partial charge < -0.3 is 4.90 Å². The molecule has 0 unspecified atom stereocenters. The zero-order valence-electron chi connectivity index (χ0n) is 15.6. The van der Waals surface area contributed by atoms with Crippen LogP contribution in [0.2, 0.25) is 0 Å². The summed E-state index contributed by atoms with van der Waals surface area (Å²) >= 11 is 0. The second-order valence-corrected chi connectivity index (χ2v) is 9.23. The maximum Gasteiger partial charge on any atom is 0.253 e. The zero-order valence-corrected chi connectivity index (χ0v) is 16.5. The Morgan fingerprint density at radius 1 is 1.33 bits per heavy atom. The maximum absolute atomic E-state index is 12.7. The SMILES string of the molecule is Cc1nn([C@H]2CCS(=O)(=O)C2)c(C)c1CN(C)C(=O)c1ccc(C#N)cc1. The summed E-state index contributed by atoms with van der Waals surface area (Å²) in [7, 11) is -1.27. The van der Waals surface area contributed by atoms with E-state index in [1.54, 1.807) is 40.9 Å². The fourth-order valence-corrected chi connectivity index (χ4v) is 5.16. The molecule has 0 aliphatic carbocycles. The minimum atomic E-state index is -2.99. The molecule has 1 aromatic heterocycles. The lowest BCUT2D eigenvalue weighted by molar-refractivity contribution is 0.0784. The molecular formula is C19H22N4O3S. The normalized spacial score (nSPS) is 18.2. The lowest BCUT2D eigenvalue weighted by Crippen LogP contribution is -2.26. The molecule has 3 rings (SSSR count). The summed E-state index contributed by atoms with van der Waals surface area (Å²) in [6.07, 6.45) is 0.573. The first-order chi connectivity index (χ1) is 12.7. The molecule has 2 heterocycles. The molecule has 1 aromatic carbocycles. The molecule has 1 atom stereocenters. The van der Waals surface area contributed by atoms with E-state index in [1.165, 1.54) is 0 Å². The molecule has 1 fully saturated rings. The minimum absolute atomic E-state index is 0.119. The lowest BCUT2D eigenvalue weighted by Gasteiger charge is -2.18. The van der Waals surface area contributed by atoms with Gasteiger partial charge in [0.1, 0.15) is 0 Å². The number of hydrogen-bond acceptors (Lipinski definition) is 5. The molecule has 0 saturated carbocycles. The van der Waals surface area contributed by atoms with E-state index in [0.717, 1.165) is 17.0 Å². The molecule has 0 spiro atoms. The third kappa shape index (κ3) is 3.88. The van der Waals surface area contributed by atoms with Crippen molar-refractivity contribution in [2.24, 2.45) is 0 Å². The predicted octanol–water partition coefficient (Wildman–Crippen LogP) is 2.00. The van der Waals surface area contributed by atoms with E-state index in [1.807, 2.05) is 19.9 Å². The number of hydrogen-bond donors (Lipinski definition) is 0. The van der Waals surface area contributed by atoms with Crippen LogP contribution in [0.5, 0.6) is 0 Å². The van der Waals surface area contributed by atoms with Gasteiger partial charge in [0.15, 0.2) is 9.84 Å². The van der Waals surface area contributed by atoms with Gasteiger partial charge in [0.05, 0.1) is 34.9 Å². The van der Waals surface area contributed by atoms with Gasteiger partial charge in [0.25, 0.3) is 5.91 Å². The molecule has 142 valence electrons. The number of amides is 1. The summed E-state index contributed by atoms with van der Waals surface area (Å²) < 4.78 is 25.3. The Labute approximate surface area is 159 Å². The van der Waals surface area contributed by atoms with E-state index in [9.17, 15) is 13.2 Å². The van der Waals surface area contributed by atoms with Crippen LogP contribution in [-0.4, -0.2) is 47.6 Å². The number of carbonyl (C=O) groups excluding carboxylic acids is 1. The maximum atomic E-state index is 12.7. The first-order valence-corrected chi connectivity index (χ1v) is 10.5. The molecule has 0 radical (unpaired) electrons. The smallest absolute Gasteiger partial charge is 0.253 e. The van der Waals surface area contributed by atoms with Crippen LogP contribution in [0.15, 0.2) is 24.3 Å². The van der Waals surface area contributed by atoms with Gasteiger partial charge in [-0.25, -0.2) is 8.42 Å². The van der Waals surface area contributed by atoms with E-state index in [4.69, 9.17) is 5.26 Å². The van der Waals surface area contributed by atoms with Crippen molar-refractivity contribution in [3.8, 4) is 6.07 Å². The van der Waals surface area contributed by atoms with Crippen LogP contribution in [-0.2, 0) is 16.4 Å². The molecule has 0 bridgehead atoms. The predicted molar refractivity (Wildman–Crippen MR) is 101 cm³/mol. The van der Waals surface area contributed by atoms with Gasteiger partial charge in [-0.2, -0.15) is 10.4 Å². The van der Waals surface area contributed by atoms with Crippen molar-refractivity contribution in [3.63, 3.8) is 0 Å². The Kier molecular flexibility index (Phi) is 5.07. The molecule has 2 aromatic rings. The number of sulfone groups is 1. The first kappa shape index (κ1) is 19.1. The highest BCUT2D eigenvalue weighted by Crippen LogP contribution is 2.27. The van der Waals surface area contributed by atoms with E-state index >= 15 is 0 Å². The van der Waals surface area contributed by atoms with Gasteiger partial charge in [-0.05, 0) is 44.5 Å². The lowest BCUT2D eigenvalue weighted by atomic mass is 10.1. The van der Waals surface area contributed by atoms with Crippen LogP contribution in [0, 0.1) is 25.2 Å². The van der Waals surface area contributed by atoms with Gasteiger partial charge >= 0.3 is 0 Å². The third-order valence-corrected chi connectivity index (χ3v) is 6.78. The van der Waals surface area contributed by atoms with Gasteiger partial charge in [-0.1, -0.05) is 0 Å². The second kappa shape index (κ2) is 7.16. The topological polar surface area (TPSA) is 96.1 Å². The van der Waals surface area contributed by atoms with E-state index < -0.39 is 9.84 Å². The number of rotatable bonds is 4. The second-order valence-electron chi connectivity index (χ2n) is 7.00. The molecule has 1 aliphatic heterocycles. The highest BCUT2D eigenvalue weighted by atomic mass is 32.2. The van der Waals surface area contributed by atoms with E-state index in [-0.39, 0.29) is 23.5 Å². The quantitative estimate of drug-likeness (QED) is 0.801. The average molecular weight is 386 g/mol. The first-order valence-electron chi connectivity index (χ1n) is 8.72. The van der Waals surface area contributed by atoms with Crippen molar-refractivity contribution in [1.29, 1.82) is 5.26 Å². The Hall–Kier alpha value is -2.66. The van der Waals surface area contributed by atoms with Crippen molar-refractivity contribution >= 4 is 15.7 Å². The number of benzene rings is 1. The summed E-state index contributed by atoms with van der Waals surface area (Å²) in [5.41, 5.74) is 3.66. The number of nitrogens with zero attached hydrogens (tertiary/aromatic N) is 4.